The number of nitrogens with one attached hydrogen (secondary N) is 1. The van der Waals surface area contributed by atoms with E-state index in [9.17, 15) is 4.79 Å². The molecular weight excluding hydrogens is 312 g/mol. The van der Waals surface area contributed by atoms with Gasteiger partial charge in [0.2, 0.25) is 11.0 Å². The second kappa shape index (κ2) is 6.71. The fourth-order valence-corrected chi connectivity index (χ4v) is 3.16. The van der Waals surface area contributed by atoms with Gasteiger partial charge in [-0.05, 0) is 31.9 Å². The summed E-state index contributed by atoms with van der Waals surface area (Å²) in [5.41, 5.74) is 0.551. The average molecular weight is 328 g/mol. The number of amides is 1. The first-order valence-corrected chi connectivity index (χ1v) is 8.19. The van der Waals surface area contributed by atoms with Crippen molar-refractivity contribution in [3.05, 3.63) is 28.9 Å². The van der Waals surface area contributed by atoms with E-state index in [0.29, 0.717) is 10.7 Å². The highest BCUT2D eigenvalue weighted by atomic mass is 32.1. The highest BCUT2D eigenvalue weighted by Crippen LogP contribution is 2.24. The van der Waals surface area contributed by atoms with E-state index < -0.39 is 0 Å². The number of nitrogens with zero attached hydrogens (tertiary/aromatic N) is 5. The predicted octanol–water partition coefficient (Wildman–Crippen LogP) is 1.97. The van der Waals surface area contributed by atoms with Gasteiger partial charge < -0.3 is 10.2 Å². The lowest BCUT2D eigenvalue weighted by Crippen LogP contribution is -2.38. The van der Waals surface area contributed by atoms with Crippen molar-refractivity contribution in [3.63, 3.8) is 0 Å². The molecule has 1 aliphatic heterocycles. The van der Waals surface area contributed by atoms with Crippen LogP contribution in [0.2, 0.25) is 0 Å². The Labute approximate surface area is 138 Å². The van der Waals surface area contributed by atoms with E-state index in [1.165, 1.54) is 11.3 Å². The molecule has 0 atom stereocenters. The van der Waals surface area contributed by atoms with Crippen molar-refractivity contribution >= 4 is 28.2 Å². The number of piperidine rings is 1. The average Bonchev–Trinajstić information content (AvgIpc) is 3.00. The molecule has 1 N–H and O–H groups in total. The minimum Gasteiger partial charge on any atom is -0.357 e. The predicted molar refractivity (Wildman–Crippen MR) is 87.2 cm³/mol. The second-order valence-electron chi connectivity index (χ2n) is 5.39. The molecule has 23 heavy (non-hydrogen) atoms. The molecule has 0 bridgehead atoms. The number of carbonyl (C=O) groups is 1. The van der Waals surface area contributed by atoms with Crippen LogP contribution in [-0.2, 0) is 4.79 Å². The summed E-state index contributed by atoms with van der Waals surface area (Å²) in [6.07, 6.45) is 3.11. The highest BCUT2D eigenvalue weighted by Gasteiger charge is 2.26. The van der Waals surface area contributed by atoms with Gasteiger partial charge in [0.25, 0.3) is 0 Å². The van der Waals surface area contributed by atoms with E-state index in [2.05, 4.69) is 31.5 Å². The van der Waals surface area contributed by atoms with E-state index in [0.717, 1.165) is 36.8 Å². The number of rotatable bonds is 3. The first-order valence-electron chi connectivity index (χ1n) is 7.38. The van der Waals surface area contributed by atoms with Crippen LogP contribution < -0.4 is 10.2 Å². The van der Waals surface area contributed by atoms with Crippen LogP contribution >= 0.6 is 11.3 Å². The molecule has 0 spiro atoms. The first-order chi connectivity index (χ1) is 11.2. The van der Waals surface area contributed by atoms with Crippen molar-refractivity contribution < 1.29 is 4.79 Å². The number of aryl methyl sites for hydroxylation is 1. The number of anilines is 2. The van der Waals surface area contributed by atoms with Gasteiger partial charge in [-0.1, -0.05) is 11.3 Å². The Balaban J connectivity index is 1.55. The van der Waals surface area contributed by atoms with Crippen molar-refractivity contribution in [2.45, 2.75) is 19.8 Å². The van der Waals surface area contributed by atoms with Crippen LogP contribution in [0.15, 0.2) is 18.3 Å². The van der Waals surface area contributed by atoms with Crippen molar-refractivity contribution in [1.29, 1.82) is 5.26 Å². The van der Waals surface area contributed by atoms with Gasteiger partial charge in [-0.25, -0.2) is 4.98 Å². The van der Waals surface area contributed by atoms with Gasteiger partial charge in [0.05, 0.1) is 5.56 Å². The zero-order valence-electron chi connectivity index (χ0n) is 12.7. The maximum Gasteiger partial charge on any atom is 0.229 e. The molecule has 2 aromatic rings. The zero-order chi connectivity index (χ0) is 16.2. The number of hydrogen-bond acceptors (Lipinski definition) is 7. The largest absolute Gasteiger partial charge is 0.357 e. The summed E-state index contributed by atoms with van der Waals surface area (Å²) >= 11 is 1.38. The molecule has 7 nitrogen and oxygen atoms in total. The van der Waals surface area contributed by atoms with Crippen LogP contribution in [0.1, 0.15) is 23.4 Å². The summed E-state index contributed by atoms with van der Waals surface area (Å²) < 4.78 is 0. The monoisotopic (exact) mass is 328 g/mol. The van der Waals surface area contributed by atoms with Gasteiger partial charge in [0.1, 0.15) is 16.9 Å². The summed E-state index contributed by atoms with van der Waals surface area (Å²) in [5.74, 6) is 0.838. The number of carbonyl (C=O) groups excluding carboxylic acids is 1. The van der Waals surface area contributed by atoms with Crippen molar-refractivity contribution in [2.24, 2.45) is 5.92 Å². The van der Waals surface area contributed by atoms with Crippen molar-refractivity contribution in [3.8, 4) is 6.07 Å². The molecule has 2 aromatic heterocycles. The molecule has 1 amide bonds. The summed E-state index contributed by atoms with van der Waals surface area (Å²) in [4.78, 5) is 18.7. The number of aromatic nitrogens is 3. The minimum absolute atomic E-state index is 0.00795. The third-order valence-corrected chi connectivity index (χ3v) is 4.58. The summed E-state index contributed by atoms with van der Waals surface area (Å²) in [5, 5.41) is 20.8. The molecule has 0 radical (unpaired) electrons. The van der Waals surface area contributed by atoms with Crippen LogP contribution in [0.5, 0.6) is 0 Å². The summed E-state index contributed by atoms with van der Waals surface area (Å²) in [6, 6.07) is 5.67. The lowest BCUT2D eigenvalue weighted by molar-refractivity contribution is -0.120. The SMILES string of the molecule is Cc1nnc(NC(=O)C2CCN(c3ccc(C#N)cn3)CC2)s1. The standard InChI is InChI=1S/C15H16N6OS/c1-10-19-20-15(23-10)18-14(22)12-4-6-21(7-5-12)13-3-2-11(8-16)9-17-13/h2-3,9,12H,4-7H2,1H3,(H,18,20,22). The molecule has 3 heterocycles. The van der Waals surface area contributed by atoms with Crippen LogP contribution in [0, 0.1) is 24.2 Å². The molecule has 1 saturated heterocycles. The quantitative estimate of drug-likeness (QED) is 0.925. The van der Waals surface area contributed by atoms with Gasteiger partial charge in [-0.15, -0.1) is 10.2 Å². The fraction of sp³-hybridized carbons (Fsp3) is 0.400. The van der Waals surface area contributed by atoms with Crippen molar-refractivity contribution in [2.75, 3.05) is 23.3 Å². The number of pyridine rings is 1. The molecule has 0 aromatic carbocycles. The van der Waals surface area contributed by atoms with Gasteiger partial charge in [-0.3, -0.25) is 4.79 Å². The van der Waals surface area contributed by atoms with Crippen molar-refractivity contribution in [1.82, 2.24) is 15.2 Å². The van der Waals surface area contributed by atoms with Gasteiger partial charge in [-0.2, -0.15) is 5.26 Å². The topological polar surface area (TPSA) is 94.8 Å². The Morgan fingerprint density at radius 1 is 1.39 bits per heavy atom. The maximum absolute atomic E-state index is 12.3. The molecule has 1 fully saturated rings. The third kappa shape index (κ3) is 3.63. The van der Waals surface area contributed by atoms with E-state index in [-0.39, 0.29) is 11.8 Å². The van der Waals surface area contributed by atoms with E-state index in [4.69, 9.17) is 5.26 Å². The lowest BCUT2D eigenvalue weighted by Gasteiger charge is -2.31. The van der Waals surface area contributed by atoms with E-state index in [1.807, 2.05) is 13.0 Å². The van der Waals surface area contributed by atoms with E-state index >= 15 is 0 Å². The molecule has 1 aliphatic rings. The van der Waals surface area contributed by atoms with Crippen LogP contribution in [0.3, 0.4) is 0 Å². The highest BCUT2D eigenvalue weighted by molar-refractivity contribution is 7.15. The first kappa shape index (κ1) is 15.4. The van der Waals surface area contributed by atoms with Gasteiger partial charge in [0.15, 0.2) is 0 Å². The molecule has 118 valence electrons. The smallest absolute Gasteiger partial charge is 0.229 e. The molecular formula is C15H16N6OS. The number of nitriles is 1. The minimum atomic E-state index is -0.0196. The van der Waals surface area contributed by atoms with Gasteiger partial charge >= 0.3 is 0 Å². The summed E-state index contributed by atoms with van der Waals surface area (Å²) in [6.45, 7) is 3.40. The van der Waals surface area contributed by atoms with Crippen LogP contribution in [-0.4, -0.2) is 34.2 Å². The second-order valence-corrected chi connectivity index (χ2v) is 6.58. The molecule has 8 heteroatoms. The summed E-state index contributed by atoms with van der Waals surface area (Å²) in [7, 11) is 0. The zero-order valence-corrected chi connectivity index (χ0v) is 13.5. The maximum atomic E-state index is 12.3. The van der Waals surface area contributed by atoms with Crippen LogP contribution in [0.25, 0.3) is 0 Å². The third-order valence-electron chi connectivity index (χ3n) is 3.82. The van der Waals surface area contributed by atoms with E-state index in [1.54, 1.807) is 12.3 Å². The Hall–Kier alpha value is -2.53. The molecule has 0 unspecified atom stereocenters. The van der Waals surface area contributed by atoms with Gasteiger partial charge in [0, 0.05) is 25.2 Å². The molecule has 0 saturated carbocycles. The fourth-order valence-electron chi connectivity index (χ4n) is 2.56. The molecule has 0 aliphatic carbocycles. The normalized spacial score (nSPS) is 15.2. The Bertz CT molecular complexity index is 727. The Kier molecular flexibility index (Phi) is 4.48. The van der Waals surface area contributed by atoms with Crippen LogP contribution in [0.4, 0.5) is 10.9 Å². The Morgan fingerprint density at radius 3 is 2.74 bits per heavy atom. The number of hydrogen-bond donors (Lipinski definition) is 1. The molecule has 3 rings (SSSR count). The lowest BCUT2D eigenvalue weighted by atomic mass is 9.96. The Morgan fingerprint density at radius 2 is 2.17 bits per heavy atom.